The van der Waals surface area contributed by atoms with Gasteiger partial charge in [0.25, 0.3) is 0 Å². The van der Waals surface area contributed by atoms with E-state index in [1.165, 1.54) is 6.07 Å². The quantitative estimate of drug-likeness (QED) is 0.555. The second-order valence-corrected chi connectivity index (χ2v) is 5.48. The first kappa shape index (κ1) is 15.7. The molecule has 5 nitrogen and oxygen atoms in total. The van der Waals surface area contributed by atoms with Crippen LogP contribution in [0.15, 0.2) is 72.8 Å². The van der Waals surface area contributed by atoms with Crippen LogP contribution in [0.1, 0.15) is 22.9 Å². The van der Waals surface area contributed by atoms with Crippen molar-refractivity contribution in [3.05, 3.63) is 99.7 Å². The molecule has 1 aromatic heterocycles. The summed E-state index contributed by atoms with van der Waals surface area (Å²) in [6, 6.07) is 22.6. The summed E-state index contributed by atoms with van der Waals surface area (Å²) in [7, 11) is 0. The van der Waals surface area contributed by atoms with Crippen LogP contribution in [-0.2, 0) is 0 Å². The predicted octanol–water partition coefficient (Wildman–Crippen LogP) is 4.50. The van der Waals surface area contributed by atoms with Crippen molar-refractivity contribution in [1.82, 2.24) is 4.98 Å². The van der Waals surface area contributed by atoms with Crippen LogP contribution in [0, 0.1) is 17.0 Å². The van der Waals surface area contributed by atoms with Crippen LogP contribution in [0.25, 0.3) is 0 Å². The molecule has 3 rings (SSSR count). The second kappa shape index (κ2) is 6.91. The summed E-state index contributed by atoms with van der Waals surface area (Å²) in [4.78, 5) is 15.2. The van der Waals surface area contributed by atoms with Gasteiger partial charge in [-0.05, 0) is 24.1 Å². The highest BCUT2D eigenvalue weighted by molar-refractivity contribution is 5.58. The third kappa shape index (κ3) is 3.41. The average molecular weight is 319 g/mol. The van der Waals surface area contributed by atoms with Crippen molar-refractivity contribution in [3.8, 4) is 0 Å². The van der Waals surface area contributed by atoms with Crippen molar-refractivity contribution in [2.75, 3.05) is 5.32 Å². The predicted molar refractivity (Wildman–Crippen MR) is 94.0 cm³/mol. The lowest BCUT2D eigenvalue weighted by atomic mass is 9.98. The van der Waals surface area contributed by atoms with Crippen LogP contribution < -0.4 is 5.32 Å². The maximum Gasteiger partial charge on any atom is 0.311 e. The Morgan fingerprint density at radius 1 is 0.917 bits per heavy atom. The van der Waals surface area contributed by atoms with Crippen molar-refractivity contribution in [2.45, 2.75) is 13.0 Å². The molecular weight excluding hydrogens is 302 g/mol. The third-order valence-electron chi connectivity index (χ3n) is 3.76. The van der Waals surface area contributed by atoms with E-state index in [2.05, 4.69) is 10.3 Å². The molecule has 1 heterocycles. The van der Waals surface area contributed by atoms with Gasteiger partial charge in [0, 0.05) is 11.8 Å². The lowest BCUT2D eigenvalue weighted by molar-refractivity contribution is -0.384. The summed E-state index contributed by atoms with van der Waals surface area (Å²) in [5.74, 6) is 0.276. The molecule has 1 N–H and O–H groups in total. The molecule has 2 aromatic carbocycles. The zero-order valence-corrected chi connectivity index (χ0v) is 13.2. The molecule has 0 unspecified atom stereocenters. The summed E-state index contributed by atoms with van der Waals surface area (Å²) in [6.07, 6.45) is 0. The summed E-state index contributed by atoms with van der Waals surface area (Å²) < 4.78 is 0. The molecule has 0 fully saturated rings. The van der Waals surface area contributed by atoms with Gasteiger partial charge in [-0.1, -0.05) is 60.7 Å². The van der Waals surface area contributed by atoms with Gasteiger partial charge in [-0.15, -0.1) is 0 Å². The number of aryl methyl sites for hydroxylation is 1. The number of rotatable bonds is 5. The molecule has 0 spiro atoms. The minimum Gasteiger partial charge on any atom is -0.353 e. The molecule has 5 heteroatoms. The van der Waals surface area contributed by atoms with Crippen molar-refractivity contribution in [3.63, 3.8) is 0 Å². The topological polar surface area (TPSA) is 68.1 Å². The summed E-state index contributed by atoms with van der Waals surface area (Å²) in [5, 5.41) is 14.6. The maximum absolute atomic E-state index is 11.3. The smallest absolute Gasteiger partial charge is 0.311 e. The Hall–Kier alpha value is -3.21. The highest BCUT2D eigenvalue weighted by Crippen LogP contribution is 2.30. The molecule has 3 aromatic rings. The molecule has 0 aliphatic carbocycles. The average Bonchev–Trinajstić information content (AvgIpc) is 2.61. The van der Waals surface area contributed by atoms with Crippen molar-refractivity contribution in [2.24, 2.45) is 0 Å². The monoisotopic (exact) mass is 319 g/mol. The molecule has 0 radical (unpaired) electrons. The van der Waals surface area contributed by atoms with E-state index in [4.69, 9.17) is 0 Å². The SMILES string of the molecule is Cc1ccc([N+](=O)[O-])c(NC(c2ccccc2)c2ccccc2)n1. The second-order valence-electron chi connectivity index (χ2n) is 5.48. The molecule has 0 saturated heterocycles. The number of nitrogens with one attached hydrogen (secondary N) is 1. The number of benzene rings is 2. The molecular formula is C19H17N3O2. The molecule has 0 bridgehead atoms. The summed E-state index contributed by atoms with van der Waals surface area (Å²) >= 11 is 0. The van der Waals surface area contributed by atoms with Gasteiger partial charge in [-0.2, -0.15) is 0 Å². The fraction of sp³-hybridized carbons (Fsp3) is 0.105. The minimum absolute atomic E-state index is 0.0301. The zero-order chi connectivity index (χ0) is 16.9. The van der Waals surface area contributed by atoms with E-state index < -0.39 is 4.92 Å². The van der Waals surface area contributed by atoms with E-state index in [-0.39, 0.29) is 17.5 Å². The van der Waals surface area contributed by atoms with Gasteiger partial charge in [0.05, 0.1) is 11.0 Å². The van der Waals surface area contributed by atoms with E-state index in [0.29, 0.717) is 0 Å². The van der Waals surface area contributed by atoms with Gasteiger partial charge in [0.2, 0.25) is 5.82 Å². The Morgan fingerprint density at radius 2 is 1.46 bits per heavy atom. The molecule has 120 valence electrons. The fourth-order valence-electron chi connectivity index (χ4n) is 2.59. The Balaban J connectivity index is 2.05. The first-order valence-electron chi connectivity index (χ1n) is 7.63. The molecule has 0 aliphatic rings. The van der Waals surface area contributed by atoms with Crippen LogP contribution in [0.4, 0.5) is 11.5 Å². The highest BCUT2D eigenvalue weighted by Gasteiger charge is 2.21. The van der Waals surface area contributed by atoms with Crippen molar-refractivity contribution >= 4 is 11.5 Å². The Bertz CT molecular complexity index is 796. The van der Waals surface area contributed by atoms with Gasteiger partial charge < -0.3 is 5.32 Å². The van der Waals surface area contributed by atoms with E-state index in [9.17, 15) is 10.1 Å². The maximum atomic E-state index is 11.3. The first-order chi connectivity index (χ1) is 11.6. The van der Waals surface area contributed by atoms with Crippen LogP contribution in [0.5, 0.6) is 0 Å². The fourth-order valence-corrected chi connectivity index (χ4v) is 2.59. The Kier molecular flexibility index (Phi) is 4.52. The molecule has 24 heavy (non-hydrogen) atoms. The lowest BCUT2D eigenvalue weighted by Gasteiger charge is -2.20. The van der Waals surface area contributed by atoms with E-state index in [0.717, 1.165) is 16.8 Å². The Labute approximate surface area is 140 Å². The standard InChI is InChI=1S/C19H17N3O2/c1-14-12-13-17(22(23)24)19(20-14)21-18(15-8-4-2-5-9-15)16-10-6-3-7-11-16/h2-13,18H,1H3,(H,20,21). The molecule has 0 aliphatic heterocycles. The lowest BCUT2D eigenvalue weighted by Crippen LogP contribution is -2.14. The number of hydrogen-bond donors (Lipinski definition) is 1. The number of hydrogen-bond acceptors (Lipinski definition) is 4. The third-order valence-corrected chi connectivity index (χ3v) is 3.76. The number of anilines is 1. The van der Waals surface area contributed by atoms with Crippen LogP contribution in [0.2, 0.25) is 0 Å². The van der Waals surface area contributed by atoms with Gasteiger partial charge in [0.1, 0.15) is 0 Å². The zero-order valence-electron chi connectivity index (χ0n) is 13.2. The number of nitrogens with zero attached hydrogens (tertiary/aromatic N) is 2. The minimum atomic E-state index is -0.415. The van der Waals surface area contributed by atoms with Crippen molar-refractivity contribution < 1.29 is 4.92 Å². The van der Waals surface area contributed by atoms with E-state index in [1.54, 1.807) is 6.07 Å². The van der Waals surface area contributed by atoms with Crippen LogP contribution in [-0.4, -0.2) is 9.91 Å². The normalized spacial score (nSPS) is 10.6. The molecule has 0 amide bonds. The van der Waals surface area contributed by atoms with Gasteiger partial charge in [0.15, 0.2) is 0 Å². The first-order valence-corrected chi connectivity index (χ1v) is 7.63. The van der Waals surface area contributed by atoms with E-state index in [1.807, 2.05) is 67.6 Å². The van der Waals surface area contributed by atoms with Crippen molar-refractivity contribution in [1.29, 1.82) is 0 Å². The molecule has 0 atom stereocenters. The summed E-state index contributed by atoms with van der Waals surface area (Å²) in [6.45, 7) is 1.81. The van der Waals surface area contributed by atoms with Gasteiger partial charge in [-0.25, -0.2) is 4.98 Å². The largest absolute Gasteiger partial charge is 0.353 e. The number of nitro groups is 1. The van der Waals surface area contributed by atoms with Gasteiger partial charge in [-0.3, -0.25) is 10.1 Å². The molecule has 0 saturated carbocycles. The number of aromatic nitrogens is 1. The Morgan fingerprint density at radius 3 is 1.96 bits per heavy atom. The number of pyridine rings is 1. The van der Waals surface area contributed by atoms with Crippen LogP contribution >= 0.6 is 0 Å². The van der Waals surface area contributed by atoms with Gasteiger partial charge >= 0.3 is 5.69 Å². The van der Waals surface area contributed by atoms with E-state index >= 15 is 0 Å². The highest BCUT2D eigenvalue weighted by atomic mass is 16.6. The van der Waals surface area contributed by atoms with Crippen LogP contribution in [0.3, 0.4) is 0 Å². The summed E-state index contributed by atoms with van der Waals surface area (Å²) in [5.41, 5.74) is 2.73.